The summed E-state index contributed by atoms with van der Waals surface area (Å²) in [4.78, 5) is 14.0. The van der Waals surface area contributed by atoms with Crippen LogP contribution in [0.25, 0.3) is 0 Å². The van der Waals surface area contributed by atoms with Crippen LogP contribution in [0.5, 0.6) is 0 Å². The molecule has 104 valence electrons. The van der Waals surface area contributed by atoms with Gasteiger partial charge in [0.15, 0.2) is 17.4 Å². The van der Waals surface area contributed by atoms with Gasteiger partial charge in [0.25, 0.3) is 0 Å². The normalized spacial score (nSPS) is 17.2. The number of benzene rings is 1. The Morgan fingerprint density at radius 1 is 1.21 bits per heavy atom. The van der Waals surface area contributed by atoms with Gasteiger partial charge < -0.3 is 5.32 Å². The van der Waals surface area contributed by atoms with Crippen molar-refractivity contribution in [1.29, 1.82) is 0 Å². The summed E-state index contributed by atoms with van der Waals surface area (Å²) in [6.07, 6.45) is 1.18. The Bertz CT molecular complexity index is 443. The van der Waals surface area contributed by atoms with Crippen molar-refractivity contribution >= 4 is 5.78 Å². The Balaban J connectivity index is 1.87. The molecule has 19 heavy (non-hydrogen) atoms. The lowest BCUT2D eigenvalue weighted by molar-refractivity contribution is -0.119. The van der Waals surface area contributed by atoms with Crippen LogP contribution in [0.3, 0.4) is 0 Å². The highest BCUT2D eigenvalue weighted by Crippen LogP contribution is 2.10. The Morgan fingerprint density at radius 3 is 2.84 bits per heavy atom. The second-order valence-electron chi connectivity index (χ2n) is 4.84. The van der Waals surface area contributed by atoms with Crippen molar-refractivity contribution in [3.05, 3.63) is 35.4 Å². The molecule has 3 nitrogen and oxygen atoms in total. The third kappa shape index (κ3) is 4.36. The van der Waals surface area contributed by atoms with Crippen molar-refractivity contribution in [2.75, 3.05) is 32.7 Å². The molecule has 1 heterocycles. The topological polar surface area (TPSA) is 32.3 Å². The number of ketones is 1. The predicted octanol–water partition coefficient (Wildman–Crippen LogP) is 1.37. The molecule has 0 aromatic heterocycles. The van der Waals surface area contributed by atoms with E-state index in [0.29, 0.717) is 12.1 Å². The molecule has 0 saturated carbocycles. The standard InChI is InChI=1S/C14H18F2N2O/c15-13-3-2-11(9-14(13)16)8-12(19)10-18-6-1-4-17-5-7-18/h2-3,9,17H,1,4-8,10H2. The summed E-state index contributed by atoms with van der Waals surface area (Å²) in [6.45, 7) is 3.99. The maximum absolute atomic E-state index is 13.0. The lowest BCUT2D eigenvalue weighted by atomic mass is 10.1. The Kier molecular flexibility index (Phi) is 4.99. The van der Waals surface area contributed by atoms with Crippen molar-refractivity contribution < 1.29 is 13.6 Å². The molecule has 5 heteroatoms. The van der Waals surface area contributed by atoms with Gasteiger partial charge in [0.05, 0.1) is 6.54 Å². The fourth-order valence-corrected chi connectivity index (χ4v) is 2.24. The predicted molar refractivity (Wildman–Crippen MR) is 69.0 cm³/mol. The minimum absolute atomic E-state index is 0.0351. The second kappa shape index (κ2) is 6.73. The number of nitrogens with zero attached hydrogens (tertiary/aromatic N) is 1. The molecular formula is C14H18F2N2O. The minimum Gasteiger partial charge on any atom is -0.315 e. The Morgan fingerprint density at radius 2 is 2.05 bits per heavy atom. The first kappa shape index (κ1) is 14.1. The molecule has 1 saturated heterocycles. The van der Waals surface area contributed by atoms with Gasteiger partial charge in [-0.15, -0.1) is 0 Å². The van der Waals surface area contributed by atoms with Crippen molar-refractivity contribution in [1.82, 2.24) is 10.2 Å². The molecule has 0 spiro atoms. The molecule has 0 aliphatic carbocycles. The van der Waals surface area contributed by atoms with Gasteiger partial charge in [-0.2, -0.15) is 0 Å². The van der Waals surface area contributed by atoms with E-state index in [2.05, 4.69) is 10.2 Å². The first-order valence-electron chi connectivity index (χ1n) is 6.54. The monoisotopic (exact) mass is 268 g/mol. The van der Waals surface area contributed by atoms with Crippen molar-refractivity contribution in [3.8, 4) is 0 Å². The van der Waals surface area contributed by atoms with E-state index in [1.54, 1.807) is 0 Å². The molecule has 1 N–H and O–H groups in total. The van der Waals surface area contributed by atoms with Gasteiger partial charge in [0, 0.05) is 19.5 Å². The molecule has 1 aromatic carbocycles. The van der Waals surface area contributed by atoms with Gasteiger partial charge in [-0.1, -0.05) is 6.07 Å². The third-order valence-corrected chi connectivity index (χ3v) is 3.22. The average Bonchev–Trinajstić information content (AvgIpc) is 2.62. The summed E-state index contributed by atoms with van der Waals surface area (Å²) in [5.74, 6) is -1.74. The van der Waals surface area contributed by atoms with Crippen LogP contribution in [0.4, 0.5) is 8.78 Å². The fraction of sp³-hybridized carbons (Fsp3) is 0.500. The lowest BCUT2D eigenvalue weighted by Crippen LogP contribution is -2.33. The largest absolute Gasteiger partial charge is 0.315 e. The molecule has 0 radical (unpaired) electrons. The van der Waals surface area contributed by atoms with Crippen LogP contribution in [0.15, 0.2) is 18.2 Å². The molecule has 0 unspecified atom stereocenters. The minimum atomic E-state index is -0.899. The zero-order valence-electron chi connectivity index (χ0n) is 10.8. The quantitative estimate of drug-likeness (QED) is 0.895. The fourth-order valence-electron chi connectivity index (χ4n) is 2.24. The number of nitrogens with one attached hydrogen (secondary N) is 1. The van der Waals surface area contributed by atoms with E-state index < -0.39 is 11.6 Å². The van der Waals surface area contributed by atoms with Crippen molar-refractivity contribution in [2.45, 2.75) is 12.8 Å². The van der Waals surface area contributed by atoms with E-state index in [4.69, 9.17) is 0 Å². The van der Waals surface area contributed by atoms with Crippen LogP contribution in [-0.2, 0) is 11.2 Å². The lowest BCUT2D eigenvalue weighted by Gasteiger charge is -2.18. The van der Waals surface area contributed by atoms with Gasteiger partial charge in [0.1, 0.15) is 0 Å². The SMILES string of the molecule is O=C(Cc1ccc(F)c(F)c1)CN1CCCNCC1. The van der Waals surface area contributed by atoms with Crippen LogP contribution in [0.1, 0.15) is 12.0 Å². The highest BCUT2D eigenvalue weighted by Gasteiger charge is 2.13. The first-order valence-corrected chi connectivity index (χ1v) is 6.54. The number of Topliss-reactive ketones (excluding diaryl/α,β-unsaturated/α-hetero) is 1. The smallest absolute Gasteiger partial charge is 0.159 e. The number of carbonyl (C=O) groups excluding carboxylic acids is 1. The van der Waals surface area contributed by atoms with E-state index in [-0.39, 0.29) is 12.2 Å². The molecule has 2 rings (SSSR count). The summed E-state index contributed by atoms with van der Waals surface area (Å²) >= 11 is 0. The van der Waals surface area contributed by atoms with Crippen LogP contribution >= 0.6 is 0 Å². The summed E-state index contributed by atoms with van der Waals surface area (Å²) in [5, 5.41) is 3.27. The van der Waals surface area contributed by atoms with E-state index in [0.717, 1.165) is 44.7 Å². The molecule has 1 fully saturated rings. The molecule has 1 aromatic rings. The van der Waals surface area contributed by atoms with E-state index in [1.165, 1.54) is 6.07 Å². The van der Waals surface area contributed by atoms with Gasteiger partial charge in [-0.25, -0.2) is 8.78 Å². The average molecular weight is 268 g/mol. The number of rotatable bonds is 4. The summed E-state index contributed by atoms with van der Waals surface area (Å²) in [6, 6.07) is 3.62. The molecule has 1 aliphatic heterocycles. The summed E-state index contributed by atoms with van der Waals surface area (Å²) in [5.41, 5.74) is 0.525. The van der Waals surface area contributed by atoms with E-state index in [1.807, 2.05) is 0 Å². The highest BCUT2D eigenvalue weighted by atomic mass is 19.2. The Labute approximate surface area is 111 Å². The zero-order valence-corrected chi connectivity index (χ0v) is 10.8. The Hall–Kier alpha value is -1.33. The van der Waals surface area contributed by atoms with Crippen molar-refractivity contribution in [2.24, 2.45) is 0 Å². The maximum Gasteiger partial charge on any atom is 0.159 e. The van der Waals surface area contributed by atoms with Gasteiger partial charge in [-0.3, -0.25) is 9.69 Å². The molecule has 0 amide bonds. The molecular weight excluding hydrogens is 250 g/mol. The molecule has 0 bridgehead atoms. The number of halogens is 2. The van der Waals surface area contributed by atoms with Crippen LogP contribution in [0.2, 0.25) is 0 Å². The summed E-state index contributed by atoms with van der Waals surface area (Å²) < 4.78 is 25.8. The number of hydrogen-bond donors (Lipinski definition) is 1. The van der Waals surface area contributed by atoms with Crippen LogP contribution < -0.4 is 5.32 Å². The first-order chi connectivity index (χ1) is 9.15. The summed E-state index contributed by atoms with van der Waals surface area (Å²) in [7, 11) is 0. The number of hydrogen-bond acceptors (Lipinski definition) is 3. The van der Waals surface area contributed by atoms with Crippen molar-refractivity contribution in [3.63, 3.8) is 0 Å². The van der Waals surface area contributed by atoms with Crippen LogP contribution in [-0.4, -0.2) is 43.4 Å². The number of carbonyl (C=O) groups is 1. The molecule has 0 atom stereocenters. The van der Waals surface area contributed by atoms with Gasteiger partial charge in [0.2, 0.25) is 0 Å². The second-order valence-corrected chi connectivity index (χ2v) is 4.84. The maximum atomic E-state index is 13.0. The third-order valence-electron chi connectivity index (χ3n) is 3.22. The molecule has 1 aliphatic rings. The van der Waals surface area contributed by atoms with Gasteiger partial charge in [-0.05, 0) is 37.2 Å². The zero-order chi connectivity index (χ0) is 13.7. The van der Waals surface area contributed by atoms with E-state index in [9.17, 15) is 13.6 Å². The highest BCUT2D eigenvalue weighted by molar-refractivity contribution is 5.82. The van der Waals surface area contributed by atoms with Crippen LogP contribution in [0, 0.1) is 11.6 Å². The van der Waals surface area contributed by atoms with E-state index >= 15 is 0 Å². The van der Waals surface area contributed by atoms with Gasteiger partial charge >= 0.3 is 0 Å².